The normalized spacial score (nSPS) is 13.6. The van der Waals surface area contributed by atoms with E-state index in [9.17, 15) is 8.42 Å². The van der Waals surface area contributed by atoms with E-state index in [1.54, 1.807) is 12.1 Å². The fourth-order valence-electron chi connectivity index (χ4n) is 1.81. The lowest BCUT2D eigenvalue weighted by atomic mass is 10.1. The molecule has 2 rings (SSSR count). The maximum Gasteiger partial charge on any atom is 0.241 e. The van der Waals surface area contributed by atoms with Crippen LogP contribution in [0.1, 0.15) is 6.92 Å². The van der Waals surface area contributed by atoms with Crippen LogP contribution in [0.4, 0.5) is 0 Å². The first-order valence-corrected chi connectivity index (χ1v) is 8.68. The zero-order valence-electron chi connectivity index (χ0n) is 10.6. The van der Waals surface area contributed by atoms with E-state index < -0.39 is 10.0 Å². The van der Waals surface area contributed by atoms with Crippen molar-refractivity contribution >= 4 is 36.7 Å². The van der Waals surface area contributed by atoms with E-state index in [0.717, 1.165) is 16.1 Å². The predicted octanol–water partition coefficient (Wildman–Crippen LogP) is 3.15. The molecule has 0 amide bonds. The molecule has 1 N–H and O–H groups in total. The first kappa shape index (κ1) is 14.5. The molecule has 0 saturated heterocycles. The van der Waals surface area contributed by atoms with Crippen molar-refractivity contribution < 1.29 is 8.42 Å². The molecule has 5 heteroatoms. The van der Waals surface area contributed by atoms with Crippen LogP contribution in [0.5, 0.6) is 0 Å². The summed E-state index contributed by atoms with van der Waals surface area (Å²) in [4.78, 5) is 0.340. The van der Waals surface area contributed by atoms with Gasteiger partial charge in [-0.3, -0.25) is 0 Å². The number of rotatable bonds is 5. The Hall–Kier alpha value is -0.910. The first-order chi connectivity index (χ1) is 9.04. The Labute approximate surface area is 122 Å². The number of hydrogen-bond acceptors (Lipinski definition) is 2. The lowest BCUT2D eigenvalue weighted by Crippen LogP contribution is -2.29. The van der Waals surface area contributed by atoms with Crippen molar-refractivity contribution in [1.82, 2.24) is 4.72 Å². The molecule has 0 bridgehead atoms. The van der Waals surface area contributed by atoms with E-state index in [1.165, 1.54) is 0 Å². The van der Waals surface area contributed by atoms with Gasteiger partial charge in [-0.05, 0) is 17.4 Å². The van der Waals surface area contributed by atoms with Crippen LogP contribution in [0.2, 0.25) is 0 Å². The first-order valence-electron chi connectivity index (χ1n) is 6.08. The van der Waals surface area contributed by atoms with Gasteiger partial charge in [-0.1, -0.05) is 59.3 Å². The van der Waals surface area contributed by atoms with E-state index in [1.807, 2.05) is 37.3 Å². The van der Waals surface area contributed by atoms with Gasteiger partial charge in [0.2, 0.25) is 10.0 Å². The Morgan fingerprint density at radius 3 is 2.58 bits per heavy atom. The summed E-state index contributed by atoms with van der Waals surface area (Å²) in [6.45, 7) is 2.41. The van der Waals surface area contributed by atoms with Crippen molar-refractivity contribution in [1.29, 1.82) is 0 Å². The van der Waals surface area contributed by atoms with Gasteiger partial charge >= 0.3 is 0 Å². The summed E-state index contributed by atoms with van der Waals surface area (Å²) in [7, 11) is -3.46. The SMILES string of the molecule is CC(CBr)CNS(=O)(=O)c1cccc2ccccc12. The minimum absolute atomic E-state index is 0.254. The van der Waals surface area contributed by atoms with Crippen LogP contribution in [0.15, 0.2) is 47.4 Å². The summed E-state index contributed by atoms with van der Waals surface area (Å²) in [5.41, 5.74) is 0. The fraction of sp³-hybridized carbons (Fsp3) is 0.286. The van der Waals surface area contributed by atoms with Crippen LogP contribution in [-0.2, 0) is 10.0 Å². The van der Waals surface area contributed by atoms with Crippen molar-refractivity contribution in [3.05, 3.63) is 42.5 Å². The van der Waals surface area contributed by atoms with Gasteiger partial charge in [0, 0.05) is 17.3 Å². The monoisotopic (exact) mass is 341 g/mol. The lowest BCUT2D eigenvalue weighted by molar-refractivity contribution is 0.564. The summed E-state index contributed by atoms with van der Waals surface area (Å²) in [5.74, 6) is 0.254. The standard InChI is InChI=1S/C14H16BrNO2S/c1-11(9-15)10-16-19(17,18)14-8-4-6-12-5-2-3-7-13(12)14/h2-8,11,16H,9-10H2,1H3. The maximum atomic E-state index is 12.3. The number of alkyl halides is 1. The molecule has 19 heavy (non-hydrogen) atoms. The van der Waals surface area contributed by atoms with Gasteiger partial charge in [0.05, 0.1) is 4.90 Å². The van der Waals surface area contributed by atoms with Gasteiger partial charge in [-0.25, -0.2) is 13.1 Å². The molecule has 0 radical (unpaired) electrons. The van der Waals surface area contributed by atoms with E-state index in [0.29, 0.717) is 11.4 Å². The number of benzene rings is 2. The fourth-order valence-corrected chi connectivity index (χ4v) is 3.44. The van der Waals surface area contributed by atoms with E-state index in [2.05, 4.69) is 20.7 Å². The molecular formula is C14H16BrNO2S. The highest BCUT2D eigenvalue weighted by Crippen LogP contribution is 2.22. The highest BCUT2D eigenvalue weighted by atomic mass is 79.9. The van der Waals surface area contributed by atoms with Crippen LogP contribution >= 0.6 is 15.9 Å². The second-order valence-electron chi connectivity index (χ2n) is 4.59. The molecular weight excluding hydrogens is 326 g/mol. The number of sulfonamides is 1. The number of halogens is 1. The Bertz CT molecular complexity index is 665. The molecule has 0 fully saturated rings. The summed E-state index contributed by atoms with van der Waals surface area (Å²) in [5, 5.41) is 2.45. The van der Waals surface area contributed by atoms with Crippen molar-refractivity contribution in [2.24, 2.45) is 5.92 Å². The molecule has 0 aromatic heterocycles. The average molecular weight is 342 g/mol. The molecule has 2 aromatic carbocycles. The summed E-state index contributed by atoms with van der Waals surface area (Å²) in [6, 6.07) is 12.8. The van der Waals surface area contributed by atoms with Crippen molar-refractivity contribution in [2.75, 3.05) is 11.9 Å². The molecule has 1 unspecified atom stereocenters. The zero-order chi connectivity index (χ0) is 13.9. The van der Waals surface area contributed by atoms with Crippen LogP contribution < -0.4 is 4.72 Å². The van der Waals surface area contributed by atoms with Gasteiger partial charge in [0.15, 0.2) is 0 Å². The Morgan fingerprint density at radius 2 is 1.84 bits per heavy atom. The van der Waals surface area contributed by atoms with E-state index >= 15 is 0 Å². The topological polar surface area (TPSA) is 46.2 Å². The largest absolute Gasteiger partial charge is 0.241 e. The van der Waals surface area contributed by atoms with Crippen molar-refractivity contribution in [2.45, 2.75) is 11.8 Å². The quantitative estimate of drug-likeness (QED) is 0.849. The lowest BCUT2D eigenvalue weighted by Gasteiger charge is -2.12. The summed E-state index contributed by atoms with van der Waals surface area (Å²) < 4.78 is 27.3. The van der Waals surface area contributed by atoms with E-state index in [-0.39, 0.29) is 5.92 Å². The van der Waals surface area contributed by atoms with Crippen LogP contribution in [-0.4, -0.2) is 20.3 Å². The molecule has 0 aliphatic heterocycles. The van der Waals surface area contributed by atoms with Gasteiger partial charge in [0.25, 0.3) is 0 Å². The van der Waals surface area contributed by atoms with Crippen molar-refractivity contribution in [3.63, 3.8) is 0 Å². The Morgan fingerprint density at radius 1 is 1.16 bits per heavy atom. The third kappa shape index (κ3) is 3.35. The summed E-state index contributed by atoms with van der Waals surface area (Å²) >= 11 is 3.34. The number of hydrogen-bond donors (Lipinski definition) is 1. The molecule has 3 nitrogen and oxygen atoms in total. The molecule has 0 aliphatic rings. The van der Waals surface area contributed by atoms with Crippen LogP contribution in [0.3, 0.4) is 0 Å². The van der Waals surface area contributed by atoms with Gasteiger partial charge < -0.3 is 0 Å². The third-order valence-electron chi connectivity index (χ3n) is 2.92. The molecule has 102 valence electrons. The minimum atomic E-state index is -3.46. The summed E-state index contributed by atoms with van der Waals surface area (Å²) in [6.07, 6.45) is 0. The second kappa shape index (κ2) is 6.03. The Kier molecular flexibility index (Phi) is 4.60. The maximum absolute atomic E-state index is 12.3. The third-order valence-corrected chi connectivity index (χ3v) is 5.51. The molecule has 0 aliphatic carbocycles. The second-order valence-corrected chi connectivity index (χ2v) is 6.97. The number of nitrogens with one attached hydrogen (secondary N) is 1. The van der Waals surface area contributed by atoms with E-state index in [4.69, 9.17) is 0 Å². The zero-order valence-corrected chi connectivity index (χ0v) is 13.0. The number of fused-ring (bicyclic) bond motifs is 1. The van der Waals surface area contributed by atoms with Gasteiger partial charge in [-0.15, -0.1) is 0 Å². The highest BCUT2D eigenvalue weighted by Gasteiger charge is 2.17. The Balaban J connectivity index is 2.38. The molecule has 0 spiro atoms. The predicted molar refractivity (Wildman–Crippen MR) is 82.1 cm³/mol. The molecule has 2 aromatic rings. The average Bonchev–Trinajstić information content (AvgIpc) is 2.44. The highest BCUT2D eigenvalue weighted by molar-refractivity contribution is 9.09. The minimum Gasteiger partial charge on any atom is -0.211 e. The van der Waals surface area contributed by atoms with Gasteiger partial charge in [0.1, 0.15) is 0 Å². The van der Waals surface area contributed by atoms with Crippen LogP contribution in [0.25, 0.3) is 10.8 Å². The molecule has 0 heterocycles. The molecule has 0 saturated carbocycles. The molecule has 1 atom stereocenters. The van der Waals surface area contributed by atoms with Gasteiger partial charge in [-0.2, -0.15) is 0 Å². The van der Waals surface area contributed by atoms with Crippen molar-refractivity contribution in [3.8, 4) is 0 Å². The van der Waals surface area contributed by atoms with Crippen LogP contribution in [0, 0.1) is 5.92 Å². The smallest absolute Gasteiger partial charge is 0.211 e.